The van der Waals surface area contributed by atoms with Crippen molar-refractivity contribution in [2.75, 3.05) is 6.61 Å². The van der Waals surface area contributed by atoms with Gasteiger partial charge in [-0.25, -0.2) is 0 Å². The molecular formula is C15H19NO3. The van der Waals surface area contributed by atoms with Crippen LogP contribution < -0.4 is 0 Å². The second kappa shape index (κ2) is 5.13. The van der Waals surface area contributed by atoms with Gasteiger partial charge in [-0.1, -0.05) is 19.1 Å². The highest BCUT2D eigenvalue weighted by Gasteiger charge is 2.40. The highest BCUT2D eigenvalue weighted by molar-refractivity contribution is 6.22. The summed E-state index contributed by atoms with van der Waals surface area (Å²) in [5.74, 6) is -0.442. The van der Waals surface area contributed by atoms with Crippen molar-refractivity contribution in [3.8, 4) is 0 Å². The van der Waals surface area contributed by atoms with Gasteiger partial charge in [0.05, 0.1) is 11.1 Å². The third-order valence-electron chi connectivity index (χ3n) is 3.79. The van der Waals surface area contributed by atoms with E-state index in [0.717, 1.165) is 11.1 Å². The van der Waals surface area contributed by atoms with E-state index in [2.05, 4.69) is 0 Å². The van der Waals surface area contributed by atoms with Crippen molar-refractivity contribution in [2.24, 2.45) is 0 Å². The number of fused-ring (bicyclic) bond motifs is 1. The standard InChI is InChI=1S/C15H19NO3/c1-4-11(7-8-17)16-14(18)12-9(2)5-6-10(3)13(12)15(16)19/h5-6,11,17H,4,7-8H2,1-3H3. The minimum atomic E-state index is -0.226. The smallest absolute Gasteiger partial charge is 0.262 e. The Balaban J connectivity index is 2.50. The van der Waals surface area contributed by atoms with Crippen LogP contribution in [0.15, 0.2) is 12.1 Å². The molecule has 0 saturated heterocycles. The molecule has 0 spiro atoms. The van der Waals surface area contributed by atoms with Gasteiger partial charge in [0, 0.05) is 12.6 Å². The number of hydrogen-bond acceptors (Lipinski definition) is 3. The first-order chi connectivity index (χ1) is 9.02. The van der Waals surface area contributed by atoms with Crippen molar-refractivity contribution in [1.29, 1.82) is 0 Å². The first kappa shape index (κ1) is 13.7. The summed E-state index contributed by atoms with van der Waals surface area (Å²) in [5.41, 5.74) is 2.73. The molecule has 4 nitrogen and oxygen atoms in total. The normalized spacial score (nSPS) is 15.9. The fraction of sp³-hybridized carbons (Fsp3) is 0.467. The van der Waals surface area contributed by atoms with Gasteiger partial charge < -0.3 is 5.11 Å². The lowest BCUT2D eigenvalue weighted by Crippen LogP contribution is -2.40. The molecule has 1 aromatic carbocycles. The molecule has 1 N–H and O–H groups in total. The topological polar surface area (TPSA) is 57.6 Å². The van der Waals surface area contributed by atoms with Crippen LogP contribution in [-0.2, 0) is 0 Å². The predicted octanol–water partition coefficient (Wildman–Crippen LogP) is 2.06. The van der Waals surface area contributed by atoms with Crippen molar-refractivity contribution >= 4 is 11.8 Å². The Morgan fingerprint density at radius 3 is 1.95 bits per heavy atom. The Kier molecular flexibility index (Phi) is 3.71. The summed E-state index contributed by atoms with van der Waals surface area (Å²) in [6.45, 7) is 5.59. The van der Waals surface area contributed by atoms with Crippen molar-refractivity contribution in [3.63, 3.8) is 0 Å². The molecule has 102 valence electrons. The minimum Gasteiger partial charge on any atom is -0.396 e. The monoisotopic (exact) mass is 261 g/mol. The number of aliphatic hydroxyl groups is 1. The van der Waals surface area contributed by atoms with E-state index < -0.39 is 0 Å². The second-order valence-electron chi connectivity index (χ2n) is 5.00. The maximum Gasteiger partial charge on any atom is 0.262 e. The zero-order valence-electron chi connectivity index (χ0n) is 11.6. The zero-order chi connectivity index (χ0) is 14.2. The van der Waals surface area contributed by atoms with Crippen molar-refractivity contribution in [2.45, 2.75) is 39.7 Å². The molecule has 0 radical (unpaired) electrons. The molecule has 1 heterocycles. The fourth-order valence-electron chi connectivity index (χ4n) is 2.69. The fourth-order valence-corrected chi connectivity index (χ4v) is 2.69. The molecule has 1 unspecified atom stereocenters. The number of hydrogen-bond donors (Lipinski definition) is 1. The highest BCUT2D eigenvalue weighted by Crippen LogP contribution is 2.31. The van der Waals surface area contributed by atoms with Crippen LogP contribution in [0.1, 0.15) is 51.6 Å². The van der Waals surface area contributed by atoms with Crippen LogP contribution in [0.4, 0.5) is 0 Å². The van der Waals surface area contributed by atoms with Gasteiger partial charge in [0.1, 0.15) is 0 Å². The molecule has 0 saturated carbocycles. The molecule has 0 aliphatic carbocycles. The van der Waals surface area contributed by atoms with E-state index in [-0.39, 0.29) is 24.5 Å². The van der Waals surface area contributed by atoms with Gasteiger partial charge in [-0.05, 0) is 37.8 Å². The first-order valence-corrected chi connectivity index (χ1v) is 6.61. The number of imide groups is 1. The number of benzene rings is 1. The van der Waals surface area contributed by atoms with Gasteiger partial charge in [-0.15, -0.1) is 0 Å². The lowest BCUT2D eigenvalue weighted by Gasteiger charge is -2.24. The van der Waals surface area contributed by atoms with E-state index in [9.17, 15) is 9.59 Å². The summed E-state index contributed by atoms with van der Waals surface area (Å²) in [6.07, 6.45) is 1.09. The van der Waals surface area contributed by atoms with E-state index >= 15 is 0 Å². The van der Waals surface area contributed by atoms with Gasteiger partial charge in [-0.3, -0.25) is 14.5 Å². The Labute approximate surface area is 113 Å². The Bertz CT molecular complexity index is 495. The van der Waals surface area contributed by atoms with Gasteiger partial charge in [-0.2, -0.15) is 0 Å². The molecule has 1 aromatic rings. The van der Waals surface area contributed by atoms with Gasteiger partial charge in [0.2, 0.25) is 0 Å². The van der Waals surface area contributed by atoms with Gasteiger partial charge in [0.15, 0.2) is 0 Å². The number of amides is 2. The molecule has 1 atom stereocenters. The van der Waals surface area contributed by atoms with Crippen molar-refractivity contribution in [3.05, 3.63) is 34.4 Å². The van der Waals surface area contributed by atoms with Crippen molar-refractivity contribution < 1.29 is 14.7 Å². The summed E-state index contributed by atoms with van der Waals surface area (Å²) in [7, 11) is 0. The summed E-state index contributed by atoms with van der Waals surface area (Å²) in [5, 5.41) is 9.08. The molecule has 2 rings (SSSR count). The van der Waals surface area contributed by atoms with E-state index in [0.29, 0.717) is 24.0 Å². The predicted molar refractivity (Wildman–Crippen MR) is 72.2 cm³/mol. The summed E-state index contributed by atoms with van der Waals surface area (Å²) >= 11 is 0. The number of aryl methyl sites for hydroxylation is 2. The molecule has 4 heteroatoms. The molecule has 1 aliphatic rings. The Morgan fingerprint density at radius 2 is 1.58 bits per heavy atom. The summed E-state index contributed by atoms with van der Waals surface area (Å²) < 4.78 is 0. The third-order valence-corrected chi connectivity index (χ3v) is 3.79. The number of aliphatic hydroxyl groups excluding tert-OH is 1. The quantitative estimate of drug-likeness (QED) is 0.844. The van der Waals surface area contributed by atoms with Crippen LogP contribution in [0.25, 0.3) is 0 Å². The van der Waals surface area contributed by atoms with Crippen molar-refractivity contribution in [1.82, 2.24) is 4.90 Å². The molecule has 0 fully saturated rings. The lowest BCUT2D eigenvalue weighted by molar-refractivity contribution is 0.0556. The maximum absolute atomic E-state index is 12.5. The summed E-state index contributed by atoms with van der Waals surface area (Å²) in [6, 6.07) is 3.52. The van der Waals surface area contributed by atoms with E-state index in [4.69, 9.17) is 5.11 Å². The number of carbonyl (C=O) groups excluding carboxylic acids is 2. The van der Waals surface area contributed by atoms with E-state index in [1.54, 1.807) is 0 Å². The third kappa shape index (κ3) is 2.06. The average molecular weight is 261 g/mol. The zero-order valence-corrected chi connectivity index (χ0v) is 11.6. The van der Waals surface area contributed by atoms with E-state index in [1.165, 1.54) is 4.90 Å². The Hall–Kier alpha value is -1.68. The summed E-state index contributed by atoms with van der Waals surface area (Å²) in [4.78, 5) is 26.3. The molecule has 1 aliphatic heterocycles. The first-order valence-electron chi connectivity index (χ1n) is 6.61. The lowest BCUT2D eigenvalue weighted by atomic mass is 9.99. The van der Waals surface area contributed by atoms with Crippen LogP contribution in [0.3, 0.4) is 0 Å². The molecule has 19 heavy (non-hydrogen) atoms. The van der Waals surface area contributed by atoms with Crippen LogP contribution in [0.5, 0.6) is 0 Å². The van der Waals surface area contributed by atoms with Crippen LogP contribution >= 0.6 is 0 Å². The minimum absolute atomic E-state index is 0.0239. The second-order valence-corrected chi connectivity index (χ2v) is 5.00. The van der Waals surface area contributed by atoms with Gasteiger partial charge >= 0.3 is 0 Å². The Morgan fingerprint density at radius 1 is 1.11 bits per heavy atom. The van der Waals surface area contributed by atoms with E-state index in [1.807, 2.05) is 32.9 Å². The average Bonchev–Trinajstić information content (AvgIpc) is 2.65. The number of carbonyl (C=O) groups is 2. The largest absolute Gasteiger partial charge is 0.396 e. The molecule has 2 amide bonds. The van der Waals surface area contributed by atoms with Crippen LogP contribution in [0, 0.1) is 13.8 Å². The maximum atomic E-state index is 12.5. The highest BCUT2D eigenvalue weighted by atomic mass is 16.3. The number of nitrogens with zero attached hydrogens (tertiary/aromatic N) is 1. The van der Waals surface area contributed by atoms with Crippen LogP contribution in [-0.4, -0.2) is 34.5 Å². The SMILES string of the molecule is CCC(CCO)N1C(=O)c2c(C)ccc(C)c2C1=O. The molecule has 0 bridgehead atoms. The molecule has 0 aromatic heterocycles. The number of rotatable bonds is 4. The van der Waals surface area contributed by atoms with Crippen LogP contribution in [0.2, 0.25) is 0 Å². The van der Waals surface area contributed by atoms with Gasteiger partial charge in [0.25, 0.3) is 11.8 Å². The molecular weight excluding hydrogens is 242 g/mol.